The van der Waals surface area contributed by atoms with E-state index in [0.717, 1.165) is 0 Å². The molecule has 120 valence electrons. The summed E-state index contributed by atoms with van der Waals surface area (Å²) in [6, 6.07) is 4.83. The molecule has 2 amide bonds. The molecule has 1 heterocycles. The smallest absolute Gasteiger partial charge is 0.381 e. The second-order valence-corrected chi connectivity index (χ2v) is 4.90. The Morgan fingerprint density at radius 3 is 2.32 bits per heavy atom. The summed E-state index contributed by atoms with van der Waals surface area (Å²) in [5.41, 5.74) is 4.97. The Bertz CT molecular complexity index is 569. The van der Waals surface area contributed by atoms with Gasteiger partial charge in [-0.05, 0) is 25.0 Å². The van der Waals surface area contributed by atoms with E-state index in [1.54, 1.807) is 0 Å². The number of anilines is 1. The SMILES string of the molecule is NC(=O)c1ccccc1N(C(=O)C(F)(F)F)C1CCOCC1. The van der Waals surface area contributed by atoms with Crippen LogP contribution in [0.25, 0.3) is 0 Å². The fourth-order valence-electron chi connectivity index (χ4n) is 2.44. The van der Waals surface area contributed by atoms with Crippen LogP contribution in [0.1, 0.15) is 23.2 Å². The number of rotatable bonds is 3. The number of ether oxygens (including phenoxy) is 1. The number of carbonyl (C=O) groups is 2. The van der Waals surface area contributed by atoms with E-state index in [0.29, 0.717) is 4.90 Å². The van der Waals surface area contributed by atoms with Gasteiger partial charge in [-0.2, -0.15) is 13.2 Å². The third-order valence-corrected chi connectivity index (χ3v) is 3.45. The van der Waals surface area contributed by atoms with Crippen LogP contribution in [-0.2, 0) is 9.53 Å². The largest absolute Gasteiger partial charge is 0.471 e. The fraction of sp³-hybridized carbons (Fsp3) is 0.429. The van der Waals surface area contributed by atoms with Gasteiger partial charge >= 0.3 is 12.1 Å². The maximum Gasteiger partial charge on any atom is 0.471 e. The maximum absolute atomic E-state index is 12.9. The van der Waals surface area contributed by atoms with E-state index in [1.165, 1.54) is 24.3 Å². The van der Waals surface area contributed by atoms with Crippen LogP contribution in [0.5, 0.6) is 0 Å². The van der Waals surface area contributed by atoms with Gasteiger partial charge in [0.1, 0.15) is 0 Å². The van der Waals surface area contributed by atoms with Gasteiger partial charge in [-0.1, -0.05) is 12.1 Å². The normalized spacial score (nSPS) is 16.3. The molecule has 2 N–H and O–H groups in total. The minimum atomic E-state index is -5.04. The summed E-state index contributed by atoms with van der Waals surface area (Å²) in [5, 5.41) is 0. The molecule has 2 rings (SSSR count). The summed E-state index contributed by atoms with van der Waals surface area (Å²) in [6.07, 6.45) is -4.52. The number of nitrogens with zero attached hydrogens (tertiary/aromatic N) is 1. The topological polar surface area (TPSA) is 72.6 Å². The molecule has 0 aromatic heterocycles. The minimum absolute atomic E-state index is 0.119. The van der Waals surface area contributed by atoms with Crippen LogP contribution in [0.4, 0.5) is 18.9 Å². The van der Waals surface area contributed by atoms with Crippen molar-refractivity contribution >= 4 is 17.5 Å². The second kappa shape index (κ2) is 6.35. The quantitative estimate of drug-likeness (QED) is 0.925. The molecule has 0 aliphatic carbocycles. The molecular formula is C14H15F3N2O3. The van der Waals surface area contributed by atoms with Crippen LogP contribution < -0.4 is 10.6 Å². The van der Waals surface area contributed by atoms with Gasteiger partial charge < -0.3 is 15.4 Å². The minimum Gasteiger partial charge on any atom is -0.381 e. The number of nitrogens with two attached hydrogens (primary N) is 1. The van der Waals surface area contributed by atoms with Crippen molar-refractivity contribution in [3.63, 3.8) is 0 Å². The van der Waals surface area contributed by atoms with Crippen LogP contribution in [0.2, 0.25) is 0 Å². The molecule has 1 saturated heterocycles. The van der Waals surface area contributed by atoms with Gasteiger partial charge in [0.25, 0.3) is 5.91 Å². The van der Waals surface area contributed by atoms with E-state index >= 15 is 0 Å². The highest BCUT2D eigenvalue weighted by atomic mass is 19.4. The molecule has 1 aromatic carbocycles. The van der Waals surface area contributed by atoms with E-state index in [-0.39, 0.29) is 37.3 Å². The predicted octanol–water partition coefficient (Wildman–Crippen LogP) is 1.86. The number of primary amides is 1. The highest BCUT2D eigenvalue weighted by Gasteiger charge is 2.46. The third-order valence-electron chi connectivity index (χ3n) is 3.45. The van der Waals surface area contributed by atoms with Crippen LogP contribution in [0, 0.1) is 0 Å². The zero-order valence-electron chi connectivity index (χ0n) is 11.6. The van der Waals surface area contributed by atoms with Gasteiger partial charge in [0.05, 0.1) is 11.3 Å². The molecule has 1 fully saturated rings. The molecule has 0 unspecified atom stereocenters. The number of hydrogen-bond donors (Lipinski definition) is 1. The second-order valence-electron chi connectivity index (χ2n) is 4.90. The molecule has 0 saturated carbocycles. The van der Waals surface area contributed by atoms with Crippen LogP contribution in [-0.4, -0.2) is 37.2 Å². The average Bonchev–Trinajstić information content (AvgIpc) is 2.48. The van der Waals surface area contributed by atoms with Gasteiger partial charge in [0.15, 0.2) is 0 Å². The highest BCUT2D eigenvalue weighted by Crippen LogP contribution is 2.31. The molecule has 8 heteroatoms. The van der Waals surface area contributed by atoms with Crippen molar-refractivity contribution in [3.8, 4) is 0 Å². The standard InChI is InChI=1S/C14H15F3N2O3/c15-14(16,17)13(21)19(9-5-7-22-8-6-9)11-4-2-1-3-10(11)12(18)20/h1-4,9H,5-8H2,(H2,18,20). The summed E-state index contributed by atoms with van der Waals surface area (Å²) in [5.74, 6) is -2.89. The molecule has 1 aromatic rings. The van der Waals surface area contributed by atoms with E-state index < -0.39 is 24.0 Å². The van der Waals surface area contributed by atoms with Crippen LogP contribution in [0.3, 0.4) is 0 Å². The molecule has 0 radical (unpaired) electrons. The molecule has 22 heavy (non-hydrogen) atoms. The van der Waals surface area contributed by atoms with Crippen molar-refractivity contribution in [2.24, 2.45) is 5.73 Å². The average molecular weight is 316 g/mol. The Balaban J connectivity index is 2.48. The monoisotopic (exact) mass is 316 g/mol. The van der Waals surface area contributed by atoms with Gasteiger partial charge in [-0.15, -0.1) is 0 Å². The summed E-state index contributed by atoms with van der Waals surface area (Å²) < 4.78 is 43.9. The maximum atomic E-state index is 12.9. The van der Waals surface area contributed by atoms with E-state index in [2.05, 4.69) is 0 Å². The molecule has 5 nitrogen and oxygen atoms in total. The van der Waals surface area contributed by atoms with Crippen molar-refractivity contribution in [2.75, 3.05) is 18.1 Å². The Morgan fingerprint density at radius 2 is 1.77 bits per heavy atom. The molecule has 0 atom stereocenters. The summed E-state index contributed by atoms with van der Waals surface area (Å²) in [7, 11) is 0. The Kier molecular flexibility index (Phi) is 4.70. The number of amides is 2. The predicted molar refractivity (Wildman–Crippen MR) is 72.3 cm³/mol. The number of carbonyl (C=O) groups excluding carboxylic acids is 2. The summed E-state index contributed by atoms with van der Waals surface area (Å²) >= 11 is 0. The molecule has 0 bridgehead atoms. The van der Waals surface area contributed by atoms with E-state index in [1.807, 2.05) is 0 Å². The number of benzene rings is 1. The zero-order valence-corrected chi connectivity index (χ0v) is 11.6. The number of para-hydroxylation sites is 1. The molecule has 0 spiro atoms. The first-order valence-corrected chi connectivity index (χ1v) is 6.69. The lowest BCUT2D eigenvalue weighted by Gasteiger charge is -2.35. The third kappa shape index (κ3) is 3.38. The molecule has 1 aliphatic rings. The van der Waals surface area contributed by atoms with E-state index in [9.17, 15) is 22.8 Å². The lowest BCUT2D eigenvalue weighted by molar-refractivity contribution is -0.171. The van der Waals surface area contributed by atoms with Gasteiger partial charge in [-0.3, -0.25) is 9.59 Å². The lowest BCUT2D eigenvalue weighted by atomic mass is 10.0. The Hall–Kier alpha value is -2.09. The molecule has 1 aliphatic heterocycles. The van der Waals surface area contributed by atoms with Crippen molar-refractivity contribution in [2.45, 2.75) is 25.1 Å². The first-order valence-electron chi connectivity index (χ1n) is 6.69. The Morgan fingerprint density at radius 1 is 1.18 bits per heavy atom. The first kappa shape index (κ1) is 16.3. The first-order chi connectivity index (χ1) is 10.3. The van der Waals surface area contributed by atoms with Gasteiger partial charge in [0.2, 0.25) is 0 Å². The zero-order chi connectivity index (χ0) is 16.3. The van der Waals surface area contributed by atoms with Crippen LogP contribution >= 0.6 is 0 Å². The van der Waals surface area contributed by atoms with Crippen molar-refractivity contribution < 1.29 is 27.5 Å². The van der Waals surface area contributed by atoms with Gasteiger partial charge in [0, 0.05) is 19.3 Å². The van der Waals surface area contributed by atoms with Crippen molar-refractivity contribution in [1.82, 2.24) is 0 Å². The molecular weight excluding hydrogens is 301 g/mol. The number of halogens is 3. The fourth-order valence-corrected chi connectivity index (χ4v) is 2.44. The summed E-state index contributed by atoms with van der Waals surface area (Å²) in [6.45, 7) is 0.510. The van der Waals surface area contributed by atoms with Gasteiger partial charge in [-0.25, -0.2) is 0 Å². The van der Waals surface area contributed by atoms with Crippen molar-refractivity contribution in [3.05, 3.63) is 29.8 Å². The number of hydrogen-bond acceptors (Lipinski definition) is 3. The number of alkyl halides is 3. The van der Waals surface area contributed by atoms with Crippen LogP contribution in [0.15, 0.2) is 24.3 Å². The van der Waals surface area contributed by atoms with E-state index in [4.69, 9.17) is 10.5 Å². The Labute approximate surface area is 124 Å². The van der Waals surface area contributed by atoms with Crippen molar-refractivity contribution in [1.29, 1.82) is 0 Å². The lowest BCUT2D eigenvalue weighted by Crippen LogP contribution is -2.50. The highest BCUT2D eigenvalue weighted by molar-refractivity contribution is 6.05. The summed E-state index contributed by atoms with van der Waals surface area (Å²) in [4.78, 5) is 23.9.